The highest BCUT2D eigenvalue weighted by Crippen LogP contribution is 2.37. The van der Waals surface area contributed by atoms with Crippen molar-refractivity contribution in [3.63, 3.8) is 0 Å². The Morgan fingerprint density at radius 2 is 2.16 bits per heavy atom. The fraction of sp³-hybridized carbons (Fsp3) is 0.500. The van der Waals surface area contributed by atoms with Gasteiger partial charge in [-0.05, 0) is 43.6 Å². The summed E-state index contributed by atoms with van der Waals surface area (Å²) in [6.07, 6.45) is 3.43. The van der Waals surface area contributed by atoms with Crippen LogP contribution in [0.4, 0.5) is 0 Å². The van der Waals surface area contributed by atoms with Crippen LogP contribution in [0.2, 0.25) is 0 Å². The molecule has 0 atom stereocenters. The molecule has 2 aromatic rings. The Labute approximate surface area is 117 Å². The van der Waals surface area contributed by atoms with E-state index in [0.29, 0.717) is 0 Å². The number of fused-ring (bicyclic) bond motifs is 1. The van der Waals surface area contributed by atoms with Crippen LogP contribution in [0.1, 0.15) is 19.3 Å². The fourth-order valence-electron chi connectivity index (χ4n) is 2.77. The van der Waals surface area contributed by atoms with Gasteiger partial charge in [0.05, 0.1) is 24.8 Å². The van der Waals surface area contributed by atoms with Crippen LogP contribution in [0.3, 0.4) is 0 Å². The molecule has 1 aliphatic rings. The number of nitrogens with one attached hydrogen (secondary N) is 1. The first kappa shape index (κ1) is 12.7. The minimum Gasteiger partial charge on any atom is -0.494 e. The molecule has 19 heavy (non-hydrogen) atoms. The monoisotopic (exact) mass is 278 g/mol. The summed E-state index contributed by atoms with van der Waals surface area (Å²) in [4.78, 5) is 3.24. The molecule has 0 amide bonds. The number of rotatable bonds is 4. The summed E-state index contributed by atoms with van der Waals surface area (Å²) in [6, 6.07) is 5.99. The number of H-pyrrole nitrogens is 1. The van der Waals surface area contributed by atoms with Gasteiger partial charge in [-0.1, -0.05) is 6.07 Å². The van der Waals surface area contributed by atoms with Crippen LogP contribution >= 0.6 is 12.2 Å². The van der Waals surface area contributed by atoms with Gasteiger partial charge in [-0.3, -0.25) is 0 Å². The number of hydrogen-bond donors (Lipinski definition) is 1. The number of aromatic nitrogens is 2. The summed E-state index contributed by atoms with van der Waals surface area (Å²) < 4.78 is 13.9. The molecule has 1 aromatic heterocycles. The van der Waals surface area contributed by atoms with Gasteiger partial charge in [0.25, 0.3) is 0 Å². The second-order valence-corrected chi connectivity index (χ2v) is 5.50. The smallest absolute Gasteiger partial charge is 0.178 e. The van der Waals surface area contributed by atoms with Crippen molar-refractivity contribution in [3.05, 3.63) is 23.0 Å². The Bertz CT molecular complexity index is 649. The number of imidazole rings is 1. The van der Waals surface area contributed by atoms with E-state index in [1.165, 1.54) is 6.42 Å². The van der Waals surface area contributed by atoms with E-state index in [1.807, 2.05) is 12.1 Å². The Morgan fingerprint density at radius 3 is 2.74 bits per heavy atom. The standard InChI is InChI=1S/C14H18N2O2S/c1-17-11-6-3-5-10-12(11)15-13(19)16(10)9-14(18-2)7-4-8-14/h3,5-6H,4,7-9H2,1-2H3,(H,15,19). The van der Waals surface area contributed by atoms with Crippen molar-refractivity contribution in [2.75, 3.05) is 14.2 Å². The predicted octanol–water partition coefficient (Wildman–Crippen LogP) is 3.28. The maximum Gasteiger partial charge on any atom is 0.178 e. The quantitative estimate of drug-likeness (QED) is 0.872. The highest BCUT2D eigenvalue weighted by Gasteiger charge is 2.37. The van der Waals surface area contributed by atoms with E-state index in [0.717, 1.165) is 40.9 Å². The summed E-state index contributed by atoms with van der Waals surface area (Å²) in [7, 11) is 3.46. The zero-order valence-electron chi connectivity index (χ0n) is 11.2. The third-order valence-electron chi connectivity index (χ3n) is 4.14. The van der Waals surface area contributed by atoms with Gasteiger partial charge >= 0.3 is 0 Å². The Balaban J connectivity index is 2.08. The van der Waals surface area contributed by atoms with Crippen LogP contribution < -0.4 is 4.74 Å². The molecule has 0 saturated heterocycles. The zero-order valence-corrected chi connectivity index (χ0v) is 12.0. The van der Waals surface area contributed by atoms with E-state index in [-0.39, 0.29) is 5.60 Å². The van der Waals surface area contributed by atoms with Crippen LogP contribution in [0.25, 0.3) is 11.0 Å². The molecule has 0 spiro atoms. The molecule has 0 radical (unpaired) electrons. The van der Waals surface area contributed by atoms with Crippen molar-refractivity contribution in [1.29, 1.82) is 0 Å². The van der Waals surface area contributed by atoms with Gasteiger partial charge in [0.1, 0.15) is 11.3 Å². The molecular weight excluding hydrogens is 260 g/mol. The van der Waals surface area contributed by atoms with Crippen molar-refractivity contribution in [2.24, 2.45) is 0 Å². The van der Waals surface area contributed by atoms with Crippen LogP contribution in [0.5, 0.6) is 5.75 Å². The average Bonchev–Trinajstić information content (AvgIpc) is 2.69. The van der Waals surface area contributed by atoms with Crippen molar-refractivity contribution < 1.29 is 9.47 Å². The number of para-hydroxylation sites is 1. The van der Waals surface area contributed by atoms with E-state index >= 15 is 0 Å². The second kappa shape index (κ2) is 4.65. The lowest BCUT2D eigenvalue weighted by Gasteiger charge is -2.40. The number of methoxy groups -OCH3 is 2. The van der Waals surface area contributed by atoms with E-state index in [9.17, 15) is 0 Å². The van der Waals surface area contributed by atoms with E-state index in [4.69, 9.17) is 21.7 Å². The lowest BCUT2D eigenvalue weighted by Crippen LogP contribution is -2.43. The molecule has 102 valence electrons. The van der Waals surface area contributed by atoms with E-state index in [1.54, 1.807) is 14.2 Å². The molecular formula is C14H18N2O2S. The third kappa shape index (κ3) is 1.97. The first-order valence-corrected chi connectivity index (χ1v) is 6.91. The average molecular weight is 278 g/mol. The molecule has 3 rings (SSSR count). The molecule has 0 bridgehead atoms. The normalized spacial score (nSPS) is 17.4. The number of benzene rings is 1. The molecule has 1 saturated carbocycles. The largest absolute Gasteiger partial charge is 0.494 e. The summed E-state index contributed by atoms with van der Waals surface area (Å²) in [5, 5.41) is 0. The molecule has 0 unspecified atom stereocenters. The Hall–Kier alpha value is -1.33. The second-order valence-electron chi connectivity index (χ2n) is 5.11. The van der Waals surface area contributed by atoms with E-state index < -0.39 is 0 Å². The summed E-state index contributed by atoms with van der Waals surface area (Å²) >= 11 is 5.44. The first-order valence-electron chi connectivity index (χ1n) is 6.50. The molecule has 5 heteroatoms. The minimum atomic E-state index is -0.0452. The van der Waals surface area contributed by atoms with E-state index in [2.05, 4.69) is 15.6 Å². The topological polar surface area (TPSA) is 39.2 Å². The van der Waals surface area contributed by atoms with Crippen molar-refractivity contribution in [3.8, 4) is 5.75 Å². The molecule has 0 aliphatic heterocycles. The number of ether oxygens (including phenoxy) is 2. The van der Waals surface area contributed by atoms with Gasteiger partial charge in [-0.15, -0.1) is 0 Å². The van der Waals surface area contributed by atoms with Crippen molar-refractivity contribution in [1.82, 2.24) is 9.55 Å². The Morgan fingerprint density at radius 1 is 1.37 bits per heavy atom. The SMILES string of the molecule is COc1cccc2c1[nH]c(=S)n2CC1(OC)CCC1. The minimum absolute atomic E-state index is 0.0452. The number of nitrogens with zero attached hydrogens (tertiary/aromatic N) is 1. The lowest BCUT2D eigenvalue weighted by atomic mass is 9.80. The van der Waals surface area contributed by atoms with Crippen molar-refractivity contribution in [2.45, 2.75) is 31.4 Å². The summed E-state index contributed by atoms with van der Waals surface area (Å²) in [5.41, 5.74) is 1.99. The molecule has 1 aromatic carbocycles. The van der Waals surface area contributed by atoms with Gasteiger partial charge in [-0.2, -0.15) is 0 Å². The molecule has 1 N–H and O–H groups in total. The maximum atomic E-state index is 5.70. The van der Waals surface area contributed by atoms with Gasteiger partial charge in [0.15, 0.2) is 4.77 Å². The lowest BCUT2D eigenvalue weighted by molar-refractivity contribution is -0.0830. The summed E-state index contributed by atoms with van der Waals surface area (Å²) in [6.45, 7) is 0.801. The van der Waals surface area contributed by atoms with Crippen LogP contribution in [-0.2, 0) is 11.3 Å². The van der Waals surface area contributed by atoms with Gasteiger partial charge in [-0.25, -0.2) is 0 Å². The van der Waals surface area contributed by atoms with Crippen LogP contribution in [0.15, 0.2) is 18.2 Å². The Kier molecular flexibility index (Phi) is 3.11. The number of hydrogen-bond acceptors (Lipinski definition) is 3. The molecule has 4 nitrogen and oxygen atoms in total. The van der Waals surface area contributed by atoms with Crippen LogP contribution in [-0.4, -0.2) is 29.4 Å². The molecule has 1 fully saturated rings. The van der Waals surface area contributed by atoms with Crippen molar-refractivity contribution >= 4 is 23.3 Å². The third-order valence-corrected chi connectivity index (χ3v) is 4.46. The van der Waals surface area contributed by atoms with Gasteiger partial charge in [0.2, 0.25) is 0 Å². The summed E-state index contributed by atoms with van der Waals surface area (Å²) in [5.74, 6) is 0.822. The maximum absolute atomic E-state index is 5.70. The van der Waals surface area contributed by atoms with Crippen LogP contribution in [0, 0.1) is 4.77 Å². The first-order chi connectivity index (χ1) is 9.19. The number of aromatic amines is 1. The molecule has 1 heterocycles. The highest BCUT2D eigenvalue weighted by molar-refractivity contribution is 7.71. The predicted molar refractivity (Wildman–Crippen MR) is 77.3 cm³/mol. The van der Waals surface area contributed by atoms with Gasteiger partial charge < -0.3 is 19.0 Å². The molecule has 1 aliphatic carbocycles. The zero-order chi connectivity index (χ0) is 13.5. The highest BCUT2D eigenvalue weighted by atomic mass is 32.1. The fourth-order valence-corrected chi connectivity index (χ4v) is 3.03. The van der Waals surface area contributed by atoms with Gasteiger partial charge in [0, 0.05) is 7.11 Å².